The molecule has 0 atom stereocenters. The van der Waals surface area contributed by atoms with Crippen LogP contribution in [0.15, 0.2) is 6.07 Å². The number of hydrogen-bond acceptors (Lipinski definition) is 3. The Balaban J connectivity index is 3.12. The van der Waals surface area contributed by atoms with E-state index in [4.69, 9.17) is 4.74 Å². The highest BCUT2D eigenvalue weighted by Crippen LogP contribution is 2.35. The van der Waals surface area contributed by atoms with Crippen LogP contribution in [0.5, 0.6) is 11.5 Å². The van der Waals surface area contributed by atoms with E-state index in [0.29, 0.717) is 5.75 Å². The number of ether oxygens (including phenoxy) is 1. The molecular weight excluding hydrogens is 190 g/mol. The second-order valence-corrected chi connectivity index (χ2v) is 3.71. The summed E-state index contributed by atoms with van der Waals surface area (Å²) < 4.78 is 5.21. The fraction of sp³-hybridized carbons (Fsp3) is 0.500. The number of aromatic hydroxyl groups is 1. The van der Waals surface area contributed by atoms with E-state index < -0.39 is 0 Å². The van der Waals surface area contributed by atoms with Crippen LogP contribution >= 0.6 is 0 Å². The molecule has 0 aliphatic heterocycles. The topological polar surface area (TPSA) is 41.5 Å². The summed E-state index contributed by atoms with van der Waals surface area (Å²) in [6.07, 6.45) is 0.805. The SMILES string of the molecule is CNCCc1cc(C)c(C)c(OC)c1O. The predicted molar refractivity (Wildman–Crippen MR) is 61.8 cm³/mol. The van der Waals surface area contributed by atoms with Crippen LogP contribution in [-0.4, -0.2) is 25.8 Å². The van der Waals surface area contributed by atoms with Crippen LogP contribution in [0, 0.1) is 13.8 Å². The lowest BCUT2D eigenvalue weighted by Crippen LogP contribution is -2.11. The molecule has 0 unspecified atom stereocenters. The highest BCUT2D eigenvalue weighted by atomic mass is 16.5. The minimum atomic E-state index is 0.274. The zero-order valence-corrected chi connectivity index (χ0v) is 9.85. The molecule has 3 heteroatoms. The molecular formula is C12H19NO2. The van der Waals surface area contributed by atoms with Gasteiger partial charge in [-0.1, -0.05) is 6.07 Å². The van der Waals surface area contributed by atoms with Gasteiger partial charge in [-0.25, -0.2) is 0 Å². The Morgan fingerprint density at radius 1 is 1.40 bits per heavy atom. The van der Waals surface area contributed by atoms with Crippen LogP contribution in [0.4, 0.5) is 0 Å². The van der Waals surface area contributed by atoms with Crippen molar-refractivity contribution in [2.24, 2.45) is 0 Å². The van der Waals surface area contributed by atoms with Gasteiger partial charge in [0.25, 0.3) is 0 Å². The molecule has 0 spiro atoms. The third-order valence-corrected chi connectivity index (χ3v) is 2.69. The fourth-order valence-electron chi connectivity index (χ4n) is 1.64. The van der Waals surface area contributed by atoms with Gasteiger partial charge in [0.2, 0.25) is 0 Å². The first kappa shape index (κ1) is 11.9. The Hall–Kier alpha value is -1.22. The van der Waals surface area contributed by atoms with E-state index in [1.807, 2.05) is 27.0 Å². The molecule has 0 bridgehead atoms. The summed E-state index contributed by atoms with van der Waals surface area (Å²) in [5, 5.41) is 13.0. The molecule has 0 saturated carbocycles. The van der Waals surface area contributed by atoms with Gasteiger partial charge in [0.05, 0.1) is 7.11 Å². The summed E-state index contributed by atoms with van der Waals surface area (Å²) in [6.45, 7) is 4.83. The summed E-state index contributed by atoms with van der Waals surface area (Å²) in [4.78, 5) is 0. The first-order valence-corrected chi connectivity index (χ1v) is 5.12. The van der Waals surface area contributed by atoms with E-state index in [1.165, 1.54) is 0 Å². The van der Waals surface area contributed by atoms with Gasteiger partial charge in [-0.05, 0) is 50.6 Å². The number of nitrogens with one attached hydrogen (secondary N) is 1. The minimum absolute atomic E-state index is 0.274. The molecule has 0 radical (unpaired) electrons. The molecule has 1 rings (SSSR count). The van der Waals surface area contributed by atoms with Gasteiger partial charge in [-0.15, -0.1) is 0 Å². The molecule has 15 heavy (non-hydrogen) atoms. The summed E-state index contributed by atoms with van der Waals surface area (Å²) in [7, 11) is 3.48. The largest absolute Gasteiger partial charge is 0.504 e. The second-order valence-electron chi connectivity index (χ2n) is 3.71. The molecule has 0 heterocycles. The standard InChI is InChI=1S/C12H19NO2/c1-8-7-10(5-6-13-3)11(14)12(15-4)9(8)2/h7,13-14H,5-6H2,1-4H3. The molecule has 2 N–H and O–H groups in total. The number of benzene rings is 1. The summed E-state index contributed by atoms with van der Waals surface area (Å²) >= 11 is 0. The quantitative estimate of drug-likeness (QED) is 0.794. The average Bonchev–Trinajstić information content (AvgIpc) is 2.22. The third-order valence-electron chi connectivity index (χ3n) is 2.69. The zero-order chi connectivity index (χ0) is 11.4. The van der Waals surface area contributed by atoms with Gasteiger partial charge >= 0.3 is 0 Å². The average molecular weight is 209 g/mol. The fourth-order valence-corrected chi connectivity index (χ4v) is 1.64. The van der Waals surface area contributed by atoms with Crippen molar-refractivity contribution in [2.45, 2.75) is 20.3 Å². The van der Waals surface area contributed by atoms with E-state index in [-0.39, 0.29) is 5.75 Å². The molecule has 0 saturated heterocycles. The van der Waals surface area contributed by atoms with Crippen molar-refractivity contribution in [3.63, 3.8) is 0 Å². The second kappa shape index (κ2) is 5.03. The number of hydrogen-bond donors (Lipinski definition) is 2. The Labute approximate surface area is 91.1 Å². The van der Waals surface area contributed by atoms with Gasteiger partial charge < -0.3 is 15.2 Å². The number of aryl methyl sites for hydroxylation is 1. The highest BCUT2D eigenvalue weighted by Gasteiger charge is 2.12. The van der Waals surface area contributed by atoms with Crippen molar-refractivity contribution in [3.8, 4) is 11.5 Å². The minimum Gasteiger partial charge on any atom is -0.504 e. The maximum absolute atomic E-state index is 9.97. The van der Waals surface area contributed by atoms with E-state index >= 15 is 0 Å². The van der Waals surface area contributed by atoms with Crippen molar-refractivity contribution in [3.05, 3.63) is 22.8 Å². The van der Waals surface area contributed by atoms with Crippen LogP contribution in [-0.2, 0) is 6.42 Å². The van der Waals surface area contributed by atoms with Crippen molar-refractivity contribution in [1.29, 1.82) is 0 Å². The molecule has 3 nitrogen and oxygen atoms in total. The van der Waals surface area contributed by atoms with Crippen molar-refractivity contribution >= 4 is 0 Å². The van der Waals surface area contributed by atoms with Crippen molar-refractivity contribution in [1.82, 2.24) is 5.32 Å². The Bertz CT molecular complexity index is 348. The van der Waals surface area contributed by atoms with E-state index in [1.54, 1.807) is 7.11 Å². The van der Waals surface area contributed by atoms with Crippen LogP contribution < -0.4 is 10.1 Å². The number of phenolic OH excluding ortho intramolecular Hbond substituents is 1. The summed E-state index contributed by atoms with van der Waals surface area (Å²) in [6, 6.07) is 2.02. The lowest BCUT2D eigenvalue weighted by molar-refractivity contribution is 0.367. The molecule has 0 aliphatic rings. The highest BCUT2D eigenvalue weighted by molar-refractivity contribution is 5.54. The van der Waals surface area contributed by atoms with E-state index in [2.05, 4.69) is 5.32 Å². The number of methoxy groups -OCH3 is 1. The maximum Gasteiger partial charge on any atom is 0.163 e. The molecule has 0 aliphatic carbocycles. The van der Waals surface area contributed by atoms with Crippen LogP contribution in [0.2, 0.25) is 0 Å². The Morgan fingerprint density at radius 2 is 2.07 bits per heavy atom. The van der Waals surface area contributed by atoms with E-state index in [0.717, 1.165) is 29.7 Å². The molecule has 1 aromatic rings. The Kier molecular flexibility index (Phi) is 3.97. The van der Waals surface area contributed by atoms with Gasteiger partial charge in [0.1, 0.15) is 0 Å². The van der Waals surface area contributed by atoms with Gasteiger partial charge in [-0.3, -0.25) is 0 Å². The van der Waals surface area contributed by atoms with Gasteiger partial charge in [-0.2, -0.15) is 0 Å². The zero-order valence-electron chi connectivity index (χ0n) is 9.85. The summed E-state index contributed by atoms with van der Waals surface area (Å²) in [5.74, 6) is 0.872. The van der Waals surface area contributed by atoms with Gasteiger partial charge in [0, 0.05) is 0 Å². The Morgan fingerprint density at radius 3 is 2.60 bits per heavy atom. The number of phenols is 1. The van der Waals surface area contributed by atoms with Crippen LogP contribution in [0.1, 0.15) is 16.7 Å². The number of likely N-dealkylation sites (N-methyl/N-ethyl adjacent to an activating group) is 1. The van der Waals surface area contributed by atoms with Crippen molar-refractivity contribution in [2.75, 3.05) is 20.7 Å². The van der Waals surface area contributed by atoms with Gasteiger partial charge in [0.15, 0.2) is 11.5 Å². The molecule has 84 valence electrons. The predicted octanol–water partition coefficient (Wildman–Crippen LogP) is 1.78. The van der Waals surface area contributed by atoms with E-state index in [9.17, 15) is 5.11 Å². The summed E-state index contributed by atoms with van der Waals surface area (Å²) in [5.41, 5.74) is 3.09. The normalized spacial score (nSPS) is 10.4. The first-order valence-electron chi connectivity index (χ1n) is 5.12. The molecule has 0 fully saturated rings. The first-order chi connectivity index (χ1) is 7.11. The van der Waals surface area contributed by atoms with Crippen LogP contribution in [0.25, 0.3) is 0 Å². The lowest BCUT2D eigenvalue weighted by Gasteiger charge is -2.14. The molecule has 1 aromatic carbocycles. The smallest absolute Gasteiger partial charge is 0.163 e. The molecule has 0 aromatic heterocycles. The maximum atomic E-state index is 9.97. The van der Waals surface area contributed by atoms with Crippen LogP contribution in [0.3, 0.4) is 0 Å². The third kappa shape index (κ3) is 2.42. The number of rotatable bonds is 4. The molecule has 0 amide bonds. The monoisotopic (exact) mass is 209 g/mol. The lowest BCUT2D eigenvalue weighted by atomic mass is 10.0. The van der Waals surface area contributed by atoms with Crippen molar-refractivity contribution < 1.29 is 9.84 Å².